The van der Waals surface area contributed by atoms with Crippen LogP contribution in [0.4, 0.5) is 5.95 Å². The molecule has 3 aromatic heterocycles. The second-order valence-electron chi connectivity index (χ2n) is 7.17. The molecule has 2 fully saturated rings. The van der Waals surface area contributed by atoms with E-state index in [1.165, 1.54) is 0 Å². The van der Waals surface area contributed by atoms with Crippen molar-refractivity contribution in [2.75, 3.05) is 24.5 Å². The smallest absolute Gasteiger partial charge is 0.274 e. The second-order valence-corrected chi connectivity index (χ2v) is 7.17. The highest BCUT2D eigenvalue weighted by Gasteiger charge is 2.33. The first-order valence-corrected chi connectivity index (χ1v) is 9.63. The van der Waals surface area contributed by atoms with E-state index in [-0.39, 0.29) is 11.9 Å². The van der Waals surface area contributed by atoms with E-state index >= 15 is 0 Å². The molecule has 5 rings (SSSR count). The van der Waals surface area contributed by atoms with Crippen LogP contribution in [0.5, 0.6) is 0 Å². The van der Waals surface area contributed by atoms with Crippen molar-refractivity contribution in [1.29, 1.82) is 0 Å². The van der Waals surface area contributed by atoms with Crippen LogP contribution >= 0.6 is 0 Å². The SMILES string of the molecule is O=C(c1nc([C@@H]2CCCN2c2ncccn2)n2ccccc12)N1CCCC1. The molecule has 3 aromatic rings. The third-order valence-electron chi connectivity index (χ3n) is 5.53. The highest BCUT2D eigenvalue weighted by Crippen LogP contribution is 2.35. The van der Waals surface area contributed by atoms with Gasteiger partial charge in [-0.25, -0.2) is 15.0 Å². The van der Waals surface area contributed by atoms with Crippen LogP contribution in [0.15, 0.2) is 42.9 Å². The molecule has 0 saturated carbocycles. The molecule has 138 valence electrons. The monoisotopic (exact) mass is 362 g/mol. The number of carbonyl (C=O) groups is 1. The summed E-state index contributed by atoms with van der Waals surface area (Å²) in [7, 11) is 0. The molecule has 5 heterocycles. The van der Waals surface area contributed by atoms with Gasteiger partial charge in [-0.1, -0.05) is 6.07 Å². The van der Waals surface area contributed by atoms with Crippen LogP contribution in [0.2, 0.25) is 0 Å². The molecule has 0 aromatic carbocycles. The van der Waals surface area contributed by atoms with E-state index in [2.05, 4.69) is 19.3 Å². The summed E-state index contributed by atoms with van der Waals surface area (Å²) in [6.45, 7) is 2.55. The summed E-state index contributed by atoms with van der Waals surface area (Å²) in [5.74, 6) is 1.67. The predicted molar refractivity (Wildman–Crippen MR) is 102 cm³/mol. The zero-order valence-electron chi connectivity index (χ0n) is 15.2. The molecule has 0 aliphatic carbocycles. The fraction of sp³-hybridized carbons (Fsp3) is 0.400. The van der Waals surface area contributed by atoms with Crippen LogP contribution in [0.1, 0.15) is 48.0 Å². The lowest BCUT2D eigenvalue weighted by Crippen LogP contribution is -2.28. The van der Waals surface area contributed by atoms with Crippen LogP contribution in [-0.2, 0) is 0 Å². The Labute approximate surface area is 157 Å². The maximum absolute atomic E-state index is 13.1. The summed E-state index contributed by atoms with van der Waals surface area (Å²) in [6, 6.07) is 7.83. The molecule has 0 spiro atoms. The van der Waals surface area contributed by atoms with E-state index in [9.17, 15) is 4.79 Å². The third-order valence-corrected chi connectivity index (χ3v) is 5.53. The minimum atomic E-state index is 0.0444. The normalized spacial score (nSPS) is 19.9. The second kappa shape index (κ2) is 6.64. The van der Waals surface area contributed by atoms with E-state index in [0.29, 0.717) is 5.69 Å². The molecule has 0 unspecified atom stereocenters. The van der Waals surface area contributed by atoms with Gasteiger partial charge in [0.25, 0.3) is 5.91 Å². The van der Waals surface area contributed by atoms with E-state index in [1.54, 1.807) is 12.4 Å². The number of pyridine rings is 1. The first kappa shape index (κ1) is 16.2. The Morgan fingerprint density at radius 2 is 1.81 bits per heavy atom. The number of anilines is 1. The van der Waals surface area contributed by atoms with Crippen LogP contribution in [0.25, 0.3) is 5.52 Å². The van der Waals surface area contributed by atoms with Crippen molar-refractivity contribution in [3.63, 3.8) is 0 Å². The Kier molecular flexibility index (Phi) is 3.99. The Balaban J connectivity index is 1.58. The van der Waals surface area contributed by atoms with Gasteiger partial charge in [-0.05, 0) is 43.9 Å². The summed E-state index contributed by atoms with van der Waals surface area (Å²) in [6.07, 6.45) is 9.72. The van der Waals surface area contributed by atoms with Gasteiger partial charge in [0.15, 0.2) is 5.69 Å². The standard InChI is InChI=1S/C20H22N6O/c27-19(24-11-3-4-12-24)17-15-7-1-2-13-25(15)18(23-17)16-8-5-14-26(16)20-21-9-6-10-22-20/h1-2,6-7,9-10,13,16H,3-5,8,11-12,14H2/t16-/m0/s1. The van der Waals surface area contributed by atoms with Crippen molar-refractivity contribution in [3.8, 4) is 0 Å². The lowest BCUT2D eigenvalue weighted by Gasteiger charge is -2.23. The van der Waals surface area contributed by atoms with Gasteiger partial charge < -0.3 is 14.2 Å². The molecule has 1 atom stereocenters. The molecule has 1 amide bonds. The summed E-state index contributed by atoms with van der Waals surface area (Å²) in [5, 5.41) is 0. The van der Waals surface area contributed by atoms with Gasteiger partial charge in [-0.15, -0.1) is 0 Å². The number of rotatable bonds is 3. The molecule has 0 radical (unpaired) electrons. The van der Waals surface area contributed by atoms with E-state index in [4.69, 9.17) is 4.98 Å². The van der Waals surface area contributed by atoms with E-state index in [1.807, 2.05) is 35.4 Å². The topological polar surface area (TPSA) is 66.6 Å². The molecular weight excluding hydrogens is 340 g/mol. The van der Waals surface area contributed by atoms with E-state index in [0.717, 1.165) is 62.6 Å². The number of imidazole rings is 1. The van der Waals surface area contributed by atoms with Gasteiger partial charge in [0.2, 0.25) is 5.95 Å². The Hall–Kier alpha value is -2.96. The minimum Gasteiger partial charge on any atom is -0.337 e. The minimum absolute atomic E-state index is 0.0444. The first-order chi connectivity index (χ1) is 13.3. The number of fused-ring (bicyclic) bond motifs is 1. The predicted octanol–water partition coefficient (Wildman–Crippen LogP) is 2.70. The summed E-state index contributed by atoms with van der Waals surface area (Å²) >= 11 is 0. The largest absolute Gasteiger partial charge is 0.337 e. The molecule has 7 nitrogen and oxygen atoms in total. The van der Waals surface area contributed by atoms with Crippen molar-refractivity contribution in [3.05, 3.63) is 54.4 Å². The number of nitrogens with zero attached hydrogens (tertiary/aromatic N) is 6. The van der Waals surface area contributed by atoms with Gasteiger partial charge in [0.05, 0.1) is 11.6 Å². The molecular formula is C20H22N6O. The highest BCUT2D eigenvalue weighted by atomic mass is 16.2. The highest BCUT2D eigenvalue weighted by molar-refractivity contribution is 5.99. The molecule has 0 bridgehead atoms. The van der Waals surface area contributed by atoms with Crippen LogP contribution in [-0.4, -0.2) is 49.8 Å². The van der Waals surface area contributed by atoms with Gasteiger partial charge in [-0.2, -0.15) is 0 Å². The van der Waals surface area contributed by atoms with Crippen LogP contribution < -0.4 is 4.90 Å². The number of aromatic nitrogens is 4. The summed E-state index contributed by atoms with van der Waals surface area (Å²) < 4.78 is 2.06. The maximum atomic E-state index is 13.1. The van der Waals surface area contributed by atoms with Crippen molar-refractivity contribution in [2.45, 2.75) is 31.7 Å². The van der Waals surface area contributed by atoms with Gasteiger partial charge >= 0.3 is 0 Å². The van der Waals surface area contributed by atoms with Gasteiger partial charge in [-0.3, -0.25) is 4.79 Å². The zero-order valence-corrected chi connectivity index (χ0v) is 15.2. The lowest BCUT2D eigenvalue weighted by molar-refractivity contribution is 0.0789. The fourth-order valence-electron chi connectivity index (χ4n) is 4.24. The Bertz CT molecular complexity index is 963. The number of likely N-dealkylation sites (tertiary alicyclic amines) is 1. The number of hydrogen-bond donors (Lipinski definition) is 0. The van der Waals surface area contributed by atoms with Crippen LogP contribution in [0.3, 0.4) is 0 Å². The molecule has 0 N–H and O–H groups in total. The fourth-order valence-corrected chi connectivity index (χ4v) is 4.24. The van der Waals surface area contributed by atoms with Crippen molar-refractivity contribution >= 4 is 17.4 Å². The van der Waals surface area contributed by atoms with Crippen molar-refractivity contribution < 1.29 is 4.79 Å². The van der Waals surface area contributed by atoms with Crippen molar-refractivity contribution in [1.82, 2.24) is 24.3 Å². The quantitative estimate of drug-likeness (QED) is 0.717. The molecule has 27 heavy (non-hydrogen) atoms. The Morgan fingerprint density at radius 3 is 2.63 bits per heavy atom. The first-order valence-electron chi connectivity index (χ1n) is 9.63. The third kappa shape index (κ3) is 2.74. The van der Waals surface area contributed by atoms with Crippen molar-refractivity contribution in [2.24, 2.45) is 0 Å². The number of amides is 1. The number of carbonyl (C=O) groups excluding carboxylic acids is 1. The Morgan fingerprint density at radius 1 is 1.00 bits per heavy atom. The molecule has 2 saturated heterocycles. The van der Waals surface area contributed by atoms with Crippen LogP contribution in [0, 0.1) is 0 Å². The average Bonchev–Trinajstić information content (AvgIpc) is 3.47. The molecule has 7 heteroatoms. The summed E-state index contributed by atoms with van der Waals surface area (Å²) in [5.41, 5.74) is 1.44. The number of hydrogen-bond acceptors (Lipinski definition) is 5. The van der Waals surface area contributed by atoms with Gasteiger partial charge in [0.1, 0.15) is 5.82 Å². The van der Waals surface area contributed by atoms with E-state index < -0.39 is 0 Å². The molecule has 2 aliphatic heterocycles. The zero-order chi connectivity index (χ0) is 18.2. The average molecular weight is 362 g/mol. The molecule has 2 aliphatic rings. The summed E-state index contributed by atoms with van der Waals surface area (Å²) in [4.78, 5) is 30.9. The van der Waals surface area contributed by atoms with Gasteiger partial charge in [0, 0.05) is 38.2 Å². The maximum Gasteiger partial charge on any atom is 0.274 e. The lowest BCUT2D eigenvalue weighted by atomic mass is 10.2.